The third-order valence-electron chi connectivity index (χ3n) is 5.91. The summed E-state index contributed by atoms with van der Waals surface area (Å²) in [6.07, 6.45) is 5.50. The smallest absolute Gasteiger partial charge is 0.262 e. The van der Waals surface area contributed by atoms with Crippen LogP contribution in [-0.4, -0.2) is 57.1 Å². The molecule has 0 saturated carbocycles. The molecule has 1 aromatic heterocycles. The van der Waals surface area contributed by atoms with Gasteiger partial charge in [-0.05, 0) is 62.0 Å². The van der Waals surface area contributed by atoms with Crippen molar-refractivity contribution in [2.75, 3.05) is 36.0 Å². The summed E-state index contributed by atoms with van der Waals surface area (Å²) in [5, 5.41) is 4.91. The fourth-order valence-electron chi connectivity index (χ4n) is 4.12. The van der Waals surface area contributed by atoms with Gasteiger partial charge in [-0.15, -0.1) is 0 Å². The van der Waals surface area contributed by atoms with Crippen LogP contribution in [0.3, 0.4) is 0 Å². The standard InChI is InChI=1S/C23H22Cl2N2O7S3.C4H11N.C2H6.2CH4/c24-16-6-8-20-18(14-16)26(10-2-12-36(28,29)30)22(34-20)4-1-5-23-27(11-3-13-37(31,32)33)19-15-17(25)7-9-21(19)35-23;1-3-5-4-2;1-2;;/h1,4-9,14-15H,2-3,10-13H2,(H-,28,29,30,31,32,33);5H,3-4H2,1-2H3;1-2H3;2*1H4/p-1. The zero-order chi connectivity index (χ0) is 32.9. The van der Waals surface area contributed by atoms with Crippen molar-refractivity contribution >= 4 is 76.8 Å². The average molecular weight is 740 g/mol. The zero-order valence-corrected chi connectivity index (χ0v) is 29.0. The van der Waals surface area contributed by atoms with E-state index in [2.05, 4.69) is 19.2 Å². The van der Waals surface area contributed by atoms with E-state index in [1.165, 1.54) is 11.3 Å². The van der Waals surface area contributed by atoms with E-state index >= 15 is 0 Å². The molecule has 2 aromatic carbocycles. The first-order chi connectivity index (χ1) is 20.8. The van der Waals surface area contributed by atoms with Gasteiger partial charge in [-0.25, -0.2) is 16.8 Å². The highest BCUT2D eigenvalue weighted by molar-refractivity contribution is 7.85. The number of ether oxygens (including phenoxy) is 1. The highest BCUT2D eigenvalue weighted by Gasteiger charge is 2.26. The lowest BCUT2D eigenvalue weighted by atomic mass is 10.2. The molecule has 4 rings (SSSR count). The molecule has 0 aliphatic carbocycles. The average Bonchev–Trinajstić information content (AvgIpc) is 3.46. The van der Waals surface area contributed by atoms with Gasteiger partial charge >= 0.3 is 0 Å². The number of nitrogens with one attached hydrogen (secondary N) is 1. The molecule has 2 heterocycles. The molecule has 0 atom stereocenters. The molecule has 1 N–H and O–H groups in total. The summed E-state index contributed by atoms with van der Waals surface area (Å²) in [5.41, 5.74) is 1.47. The lowest BCUT2D eigenvalue weighted by Crippen LogP contribution is -2.36. The van der Waals surface area contributed by atoms with Crippen LogP contribution in [0, 0.1) is 0 Å². The van der Waals surface area contributed by atoms with Crippen LogP contribution in [0.4, 0.5) is 5.69 Å². The molecule has 3 aromatic rings. The molecule has 0 spiro atoms. The van der Waals surface area contributed by atoms with Crippen molar-refractivity contribution in [2.24, 2.45) is 0 Å². The van der Waals surface area contributed by atoms with Crippen LogP contribution in [-0.2, 0) is 26.8 Å². The Hall–Kier alpha value is -2.23. The molecule has 10 nitrogen and oxygen atoms in total. The van der Waals surface area contributed by atoms with Crippen molar-refractivity contribution in [1.82, 2.24) is 5.32 Å². The molecule has 0 amide bonds. The Morgan fingerprint density at radius 1 is 0.935 bits per heavy atom. The topological polar surface area (TPSA) is 143 Å². The van der Waals surface area contributed by atoms with Crippen LogP contribution >= 0.6 is 34.5 Å². The van der Waals surface area contributed by atoms with E-state index in [0.29, 0.717) is 33.9 Å². The van der Waals surface area contributed by atoms with Gasteiger partial charge in [0.05, 0.1) is 25.9 Å². The minimum absolute atomic E-state index is 0. The highest BCUT2D eigenvalue weighted by atomic mass is 35.5. The third kappa shape index (κ3) is 14.3. The lowest BCUT2D eigenvalue weighted by molar-refractivity contribution is -0.668. The summed E-state index contributed by atoms with van der Waals surface area (Å²) >= 11 is 13.8. The maximum absolute atomic E-state index is 11.1. The second kappa shape index (κ2) is 20.9. The van der Waals surface area contributed by atoms with Crippen molar-refractivity contribution in [3.8, 4) is 5.75 Å². The van der Waals surface area contributed by atoms with Crippen molar-refractivity contribution < 1.29 is 35.2 Å². The molecular formula is C31H46Cl2N3O7S3-. The van der Waals surface area contributed by atoms with Crippen LogP contribution in [0.25, 0.3) is 16.3 Å². The first kappa shape index (κ1) is 43.8. The summed E-state index contributed by atoms with van der Waals surface area (Å²) in [6.45, 7) is 10.9. The number of rotatable bonds is 12. The van der Waals surface area contributed by atoms with Crippen molar-refractivity contribution in [2.45, 2.75) is 61.9 Å². The minimum Gasteiger partial charge on any atom is -0.748 e. The number of allylic oxidation sites excluding steroid dienone is 2. The molecule has 0 saturated heterocycles. The Morgan fingerprint density at radius 2 is 1.52 bits per heavy atom. The predicted molar refractivity (Wildman–Crippen MR) is 191 cm³/mol. The van der Waals surface area contributed by atoms with Crippen molar-refractivity contribution in [1.29, 1.82) is 0 Å². The molecule has 1 aliphatic rings. The van der Waals surface area contributed by atoms with Crippen LogP contribution in [0.5, 0.6) is 5.75 Å². The number of hydrogen-bond acceptors (Lipinski definition) is 10. The van der Waals surface area contributed by atoms with E-state index in [1.54, 1.807) is 47.4 Å². The lowest BCUT2D eigenvalue weighted by Gasteiger charge is -2.18. The van der Waals surface area contributed by atoms with Crippen LogP contribution < -0.4 is 19.5 Å². The van der Waals surface area contributed by atoms with Crippen LogP contribution in [0.2, 0.25) is 10.0 Å². The third-order valence-corrected chi connectivity index (χ3v) is 9.09. The maximum Gasteiger partial charge on any atom is 0.262 e. The minimum atomic E-state index is -4.35. The van der Waals surface area contributed by atoms with Crippen molar-refractivity contribution in [3.63, 3.8) is 0 Å². The molecule has 15 heteroatoms. The summed E-state index contributed by atoms with van der Waals surface area (Å²) < 4.78 is 75.2. The second-order valence-electron chi connectivity index (χ2n) is 9.12. The number of thiazole rings is 1. The number of aryl methyl sites for hydroxylation is 1. The fourth-order valence-corrected chi connectivity index (χ4v) is 6.50. The van der Waals surface area contributed by atoms with Gasteiger partial charge in [0.15, 0.2) is 12.3 Å². The number of benzene rings is 2. The fraction of sp³-hybridized carbons (Fsp3) is 0.452. The Bertz CT molecular complexity index is 1660. The molecule has 1 aliphatic heterocycles. The zero-order valence-electron chi connectivity index (χ0n) is 25.1. The number of hydrogen-bond donors (Lipinski definition) is 1. The predicted octanol–water partition coefficient (Wildman–Crippen LogP) is 7.03. The molecular weight excluding hydrogens is 693 g/mol. The normalized spacial score (nSPS) is 13.2. The maximum atomic E-state index is 11.1. The summed E-state index contributed by atoms with van der Waals surface area (Å²) in [6, 6.07) is 10.5. The van der Waals surface area contributed by atoms with Crippen LogP contribution in [0.15, 0.2) is 54.4 Å². The Kier molecular flexibility index (Phi) is 19.9. The van der Waals surface area contributed by atoms with E-state index in [0.717, 1.165) is 28.3 Å². The van der Waals surface area contributed by atoms with Gasteiger partial charge in [0.1, 0.15) is 4.70 Å². The summed E-state index contributed by atoms with van der Waals surface area (Å²) in [7, 11) is -8.69. The summed E-state index contributed by atoms with van der Waals surface area (Å²) in [4.78, 5) is 1.74. The van der Waals surface area contributed by atoms with E-state index in [9.17, 15) is 25.9 Å². The number of halogens is 2. The molecule has 46 heavy (non-hydrogen) atoms. The van der Waals surface area contributed by atoms with Crippen LogP contribution in [0.1, 0.15) is 60.4 Å². The molecule has 0 radical (unpaired) electrons. The quantitative estimate of drug-likeness (QED) is 0.153. The van der Waals surface area contributed by atoms with E-state index < -0.39 is 31.7 Å². The van der Waals surface area contributed by atoms with Crippen molar-refractivity contribution in [3.05, 3.63) is 69.5 Å². The molecule has 0 unspecified atom stereocenters. The Balaban J connectivity index is 0.00000205. The van der Waals surface area contributed by atoms with E-state index in [1.807, 2.05) is 30.6 Å². The van der Waals surface area contributed by atoms with E-state index in [-0.39, 0.29) is 34.2 Å². The van der Waals surface area contributed by atoms with Gasteiger partial charge in [0, 0.05) is 46.7 Å². The van der Waals surface area contributed by atoms with Gasteiger partial charge in [0.2, 0.25) is 11.4 Å². The monoisotopic (exact) mass is 738 g/mol. The van der Waals surface area contributed by atoms with Gasteiger partial charge < -0.3 is 24.1 Å². The first-order valence-electron chi connectivity index (χ1n) is 14.1. The molecule has 260 valence electrons. The van der Waals surface area contributed by atoms with Gasteiger partial charge in [-0.3, -0.25) is 0 Å². The highest BCUT2D eigenvalue weighted by Crippen LogP contribution is 2.40. The van der Waals surface area contributed by atoms with Gasteiger partial charge in [-0.2, -0.15) is 4.57 Å². The number of nitrogens with zero attached hydrogens (tertiary/aromatic N) is 2. The number of fused-ring (bicyclic) bond motifs is 2. The van der Waals surface area contributed by atoms with E-state index in [4.69, 9.17) is 27.9 Å². The molecule has 0 fully saturated rings. The Labute approximate surface area is 289 Å². The number of anilines is 1. The number of aromatic nitrogens is 1. The Morgan fingerprint density at radius 3 is 2.11 bits per heavy atom. The largest absolute Gasteiger partial charge is 0.748 e. The second-order valence-corrected chi connectivity index (χ2v) is 14.1. The SMILES string of the molecule is C.C.CC.CCNCC.O=S(=O)([O-])CCCN1C(=CC=Cc2sc3ccc(Cl)cc3[n+]2CCCS(=O)(=O)[O-])Oc2ccc(Cl)cc21. The molecule has 0 bridgehead atoms. The first-order valence-corrected chi connectivity index (χ1v) is 18.9. The van der Waals surface area contributed by atoms with Gasteiger partial charge in [0.25, 0.3) is 5.01 Å². The summed E-state index contributed by atoms with van der Waals surface area (Å²) in [5.74, 6) is -0.0240. The van der Waals surface area contributed by atoms with Gasteiger partial charge in [-0.1, -0.05) is 77.1 Å².